The number of para-hydroxylation sites is 2. The van der Waals surface area contributed by atoms with Gasteiger partial charge in [-0.3, -0.25) is 9.32 Å². The average molecular weight is 618 g/mol. The molecule has 3 aromatic carbocycles. The van der Waals surface area contributed by atoms with Gasteiger partial charge in [-0.05, 0) is 44.5 Å². The number of nitrogen functional groups attached to an aromatic ring is 1. The monoisotopic (exact) mass is 617 g/mol. The first-order valence-electron chi connectivity index (χ1n) is 14.4. The standard InChI is InChI=1S/C32H36N5O6P/c1-4-40-21-28-35-29-30(26-17-11-12-18-27(26)34-31(29)33)37(28)19-22(2)42-44(39,43-25-15-9-6-10-16-25)36-23(3)32(38)41-20-24-13-7-5-8-14-24/h5-18,22-23H,4,19-21H2,1-3H3,(H2,33,34)(H,36,39)/t22-,23-,44-/m0/s1. The normalized spacial score (nSPS) is 14.2. The van der Waals surface area contributed by atoms with Crippen molar-refractivity contribution < 1.29 is 27.9 Å². The molecule has 0 spiro atoms. The van der Waals surface area contributed by atoms with Gasteiger partial charge < -0.3 is 24.3 Å². The van der Waals surface area contributed by atoms with Gasteiger partial charge in [-0.15, -0.1) is 0 Å². The second kappa shape index (κ2) is 14.0. The number of hydrogen-bond donors (Lipinski definition) is 2. The number of imidazole rings is 1. The molecule has 0 aliphatic carbocycles. The van der Waals surface area contributed by atoms with E-state index in [0.29, 0.717) is 29.5 Å². The number of ether oxygens (including phenoxy) is 2. The molecule has 5 rings (SSSR count). The van der Waals surface area contributed by atoms with E-state index in [2.05, 4.69) is 10.1 Å². The number of pyridine rings is 1. The SMILES string of the molecule is CCOCc1nc2c(N)nc3ccccc3c2n1C[C@H](C)O[P@@](=O)(N[C@@H](C)C(=O)OCc1ccccc1)Oc1ccccc1. The fourth-order valence-corrected chi connectivity index (χ4v) is 6.45. The summed E-state index contributed by atoms with van der Waals surface area (Å²) >= 11 is 0. The van der Waals surface area contributed by atoms with E-state index in [1.54, 1.807) is 38.1 Å². The highest BCUT2D eigenvalue weighted by atomic mass is 31.2. The van der Waals surface area contributed by atoms with Crippen molar-refractivity contribution in [1.82, 2.24) is 19.6 Å². The zero-order valence-corrected chi connectivity index (χ0v) is 25.8. The molecule has 0 aliphatic rings. The van der Waals surface area contributed by atoms with Crippen molar-refractivity contribution in [2.24, 2.45) is 0 Å². The molecule has 230 valence electrons. The Morgan fingerprint density at radius 1 is 0.955 bits per heavy atom. The molecule has 3 N–H and O–H groups in total. The number of rotatable bonds is 14. The van der Waals surface area contributed by atoms with Gasteiger partial charge in [0.15, 0.2) is 5.82 Å². The van der Waals surface area contributed by atoms with Crippen LogP contribution in [0, 0.1) is 0 Å². The minimum absolute atomic E-state index is 0.0784. The molecule has 12 heteroatoms. The predicted octanol–water partition coefficient (Wildman–Crippen LogP) is 6.02. The zero-order valence-electron chi connectivity index (χ0n) is 24.9. The molecule has 0 bridgehead atoms. The van der Waals surface area contributed by atoms with Crippen molar-refractivity contribution in [2.45, 2.75) is 52.7 Å². The highest BCUT2D eigenvalue weighted by molar-refractivity contribution is 7.52. The second-order valence-electron chi connectivity index (χ2n) is 10.2. The minimum atomic E-state index is -4.13. The summed E-state index contributed by atoms with van der Waals surface area (Å²) in [7, 11) is -4.13. The van der Waals surface area contributed by atoms with Crippen LogP contribution in [-0.4, -0.2) is 39.3 Å². The van der Waals surface area contributed by atoms with Crippen LogP contribution in [0.4, 0.5) is 5.82 Å². The molecule has 44 heavy (non-hydrogen) atoms. The number of benzene rings is 3. The summed E-state index contributed by atoms with van der Waals surface area (Å²) < 4.78 is 39.4. The van der Waals surface area contributed by atoms with E-state index >= 15 is 0 Å². The summed E-state index contributed by atoms with van der Waals surface area (Å²) in [5.74, 6) is 0.629. The first kappa shape index (κ1) is 31.2. The number of hydrogen-bond acceptors (Lipinski definition) is 9. The molecular formula is C32H36N5O6P. The first-order chi connectivity index (χ1) is 21.3. The van der Waals surface area contributed by atoms with Gasteiger partial charge in [0, 0.05) is 12.0 Å². The fraction of sp³-hybridized carbons (Fsp3) is 0.281. The molecule has 5 aromatic rings. The van der Waals surface area contributed by atoms with Gasteiger partial charge in [0.05, 0.1) is 23.7 Å². The van der Waals surface area contributed by atoms with E-state index < -0.39 is 25.9 Å². The van der Waals surface area contributed by atoms with Gasteiger partial charge in [0.1, 0.15) is 36.3 Å². The van der Waals surface area contributed by atoms with Crippen LogP contribution >= 0.6 is 7.75 Å². The number of fused-ring (bicyclic) bond motifs is 3. The van der Waals surface area contributed by atoms with Crippen LogP contribution in [0.3, 0.4) is 0 Å². The Kier molecular flexibility index (Phi) is 9.92. The van der Waals surface area contributed by atoms with Crippen LogP contribution in [0.1, 0.15) is 32.2 Å². The quantitative estimate of drug-likeness (QED) is 0.112. The van der Waals surface area contributed by atoms with Gasteiger partial charge >= 0.3 is 13.7 Å². The largest absolute Gasteiger partial charge is 0.460 e. The summed E-state index contributed by atoms with van der Waals surface area (Å²) in [4.78, 5) is 22.1. The van der Waals surface area contributed by atoms with Crippen molar-refractivity contribution in [1.29, 1.82) is 0 Å². The summed E-state index contributed by atoms with van der Waals surface area (Å²) in [5, 5.41) is 3.63. The van der Waals surface area contributed by atoms with E-state index in [-0.39, 0.29) is 19.8 Å². The maximum absolute atomic E-state index is 14.3. The van der Waals surface area contributed by atoms with Gasteiger partial charge in [0.25, 0.3) is 0 Å². The molecule has 11 nitrogen and oxygen atoms in total. The van der Waals surface area contributed by atoms with Crippen molar-refractivity contribution >= 4 is 41.5 Å². The number of nitrogens with one attached hydrogen (secondary N) is 1. The predicted molar refractivity (Wildman–Crippen MR) is 169 cm³/mol. The molecule has 0 saturated heterocycles. The highest BCUT2D eigenvalue weighted by Gasteiger charge is 2.34. The molecule has 0 aliphatic heterocycles. The summed E-state index contributed by atoms with van der Waals surface area (Å²) in [6.45, 7) is 6.24. The van der Waals surface area contributed by atoms with E-state index in [9.17, 15) is 9.36 Å². The third kappa shape index (κ3) is 7.43. The van der Waals surface area contributed by atoms with Crippen LogP contribution in [0.25, 0.3) is 21.9 Å². The summed E-state index contributed by atoms with van der Waals surface area (Å²) in [6.07, 6.45) is -0.685. The van der Waals surface area contributed by atoms with Crippen LogP contribution in [0.2, 0.25) is 0 Å². The Bertz CT molecular complexity index is 1770. The van der Waals surface area contributed by atoms with Gasteiger partial charge in [0.2, 0.25) is 0 Å². The Morgan fingerprint density at radius 3 is 2.36 bits per heavy atom. The average Bonchev–Trinajstić information content (AvgIpc) is 3.38. The number of nitrogens with zero attached hydrogens (tertiary/aromatic N) is 3. The third-order valence-corrected chi connectivity index (χ3v) is 8.57. The van der Waals surface area contributed by atoms with Crippen LogP contribution in [-0.2, 0) is 43.1 Å². The summed E-state index contributed by atoms with van der Waals surface area (Å²) in [6, 6.07) is 24.6. The number of aromatic nitrogens is 3. The van der Waals surface area contributed by atoms with E-state index in [4.69, 9.17) is 29.2 Å². The fourth-order valence-electron chi connectivity index (χ4n) is 4.77. The molecule has 0 saturated carbocycles. The maximum Gasteiger partial charge on any atom is 0.459 e. The van der Waals surface area contributed by atoms with Crippen molar-refractivity contribution in [3.05, 3.63) is 96.3 Å². The topological polar surface area (TPSA) is 140 Å². The Morgan fingerprint density at radius 2 is 1.64 bits per heavy atom. The molecule has 2 aromatic heterocycles. The smallest absolute Gasteiger partial charge is 0.459 e. The van der Waals surface area contributed by atoms with Crippen LogP contribution in [0.5, 0.6) is 5.75 Å². The second-order valence-corrected chi connectivity index (χ2v) is 11.9. The first-order valence-corrected chi connectivity index (χ1v) is 15.9. The maximum atomic E-state index is 14.3. The Hall–Kier alpha value is -4.28. The molecular weight excluding hydrogens is 581 g/mol. The number of carbonyl (C=O) groups excluding carboxylic acids is 1. The molecule has 0 unspecified atom stereocenters. The van der Waals surface area contributed by atoms with Crippen LogP contribution < -0.4 is 15.3 Å². The van der Waals surface area contributed by atoms with Crippen molar-refractivity contribution in [3.63, 3.8) is 0 Å². The zero-order chi connectivity index (χ0) is 31.1. The molecule has 0 amide bonds. The molecule has 2 heterocycles. The van der Waals surface area contributed by atoms with E-state index in [0.717, 1.165) is 22.0 Å². The Labute approximate surface area is 255 Å². The van der Waals surface area contributed by atoms with Crippen molar-refractivity contribution in [2.75, 3.05) is 12.3 Å². The van der Waals surface area contributed by atoms with Crippen LogP contribution in [0.15, 0.2) is 84.9 Å². The minimum Gasteiger partial charge on any atom is -0.460 e. The highest BCUT2D eigenvalue weighted by Crippen LogP contribution is 2.46. The molecule has 3 atom stereocenters. The van der Waals surface area contributed by atoms with E-state index in [1.165, 1.54) is 0 Å². The van der Waals surface area contributed by atoms with E-state index in [1.807, 2.05) is 72.2 Å². The Balaban J connectivity index is 1.41. The lowest BCUT2D eigenvalue weighted by Gasteiger charge is -2.26. The van der Waals surface area contributed by atoms with Gasteiger partial charge in [-0.25, -0.2) is 14.5 Å². The number of carbonyl (C=O) groups is 1. The number of esters is 1. The number of anilines is 1. The summed E-state index contributed by atoms with van der Waals surface area (Å²) in [5.41, 5.74) is 9.18. The molecule has 0 radical (unpaired) electrons. The van der Waals surface area contributed by atoms with Gasteiger partial charge in [-0.2, -0.15) is 5.09 Å². The lowest BCUT2D eigenvalue weighted by atomic mass is 10.2. The van der Waals surface area contributed by atoms with Gasteiger partial charge in [-0.1, -0.05) is 66.7 Å². The number of nitrogens with two attached hydrogens (primary N) is 1. The molecule has 0 fully saturated rings. The lowest BCUT2D eigenvalue weighted by Crippen LogP contribution is -2.36. The van der Waals surface area contributed by atoms with Crippen molar-refractivity contribution in [3.8, 4) is 5.75 Å². The lowest BCUT2D eigenvalue weighted by molar-refractivity contribution is -0.146. The third-order valence-electron chi connectivity index (χ3n) is 6.78.